The number of ether oxygens (including phenoxy) is 1. The first-order chi connectivity index (χ1) is 7.12. The van der Waals surface area contributed by atoms with E-state index in [-0.39, 0.29) is 6.04 Å². The minimum atomic E-state index is -3.30. The van der Waals surface area contributed by atoms with E-state index in [1.807, 2.05) is 6.92 Å². The third-order valence-corrected chi connectivity index (χ3v) is 5.75. The largest absolute Gasteiger partial charge is 0.378 e. The van der Waals surface area contributed by atoms with Crippen LogP contribution in [0.4, 0.5) is 0 Å². The summed E-state index contributed by atoms with van der Waals surface area (Å²) < 4.78 is 31.4. The zero-order valence-electron chi connectivity index (χ0n) is 8.42. The Hall–Kier alpha value is -0.430. The van der Waals surface area contributed by atoms with Crippen molar-refractivity contribution in [3.05, 3.63) is 17.5 Å². The molecule has 2 rings (SSSR count). The summed E-state index contributed by atoms with van der Waals surface area (Å²) in [7, 11) is -3.30. The van der Waals surface area contributed by atoms with E-state index < -0.39 is 10.0 Å². The van der Waals surface area contributed by atoms with Gasteiger partial charge in [0.15, 0.2) is 0 Å². The second-order valence-electron chi connectivity index (χ2n) is 3.47. The van der Waals surface area contributed by atoms with Crippen molar-refractivity contribution in [2.75, 3.05) is 19.8 Å². The third-order valence-electron chi connectivity index (χ3n) is 2.36. The molecule has 1 atom stereocenters. The molecule has 0 spiro atoms. The van der Waals surface area contributed by atoms with Crippen molar-refractivity contribution in [2.45, 2.75) is 17.2 Å². The van der Waals surface area contributed by atoms with E-state index in [0.717, 1.165) is 0 Å². The van der Waals surface area contributed by atoms with Crippen molar-refractivity contribution in [1.82, 2.24) is 4.31 Å². The van der Waals surface area contributed by atoms with Gasteiger partial charge in [-0.2, -0.15) is 4.31 Å². The van der Waals surface area contributed by atoms with Crippen molar-refractivity contribution in [3.8, 4) is 0 Å². The van der Waals surface area contributed by atoms with Crippen molar-refractivity contribution in [1.29, 1.82) is 0 Å². The fourth-order valence-corrected chi connectivity index (χ4v) is 4.31. The van der Waals surface area contributed by atoms with Gasteiger partial charge >= 0.3 is 0 Å². The normalized spacial score (nSPS) is 24.2. The molecule has 1 aliphatic rings. The summed E-state index contributed by atoms with van der Waals surface area (Å²) in [4.78, 5) is 0. The van der Waals surface area contributed by atoms with Crippen LogP contribution in [0.5, 0.6) is 0 Å². The molecule has 1 fully saturated rings. The topological polar surface area (TPSA) is 46.6 Å². The standard InChI is InChI=1S/C9H13NO3S2/c1-8-7-13-5-4-10(8)15(11,12)9-3-2-6-14-9/h2-3,6,8H,4-5,7H2,1H3/t8-/m1/s1. The maximum atomic E-state index is 12.1. The van der Waals surface area contributed by atoms with Crippen LogP contribution in [-0.2, 0) is 14.8 Å². The Bertz CT molecular complexity index is 413. The Kier molecular flexibility index (Phi) is 3.11. The molecule has 1 aromatic heterocycles. The number of sulfonamides is 1. The molecule has 1 aromatic rings. The summed E-state index contributed by atoms with van der Waals surface area (Å²) in [6, 6.07) is 3.32. The summed E-state index contributed by atoms with van der Waals surface area (Å²) in [6.45, 7) is 3.27. The first-order valence-electron chi connectivity index (χ1n) is 4.75. The molecule has 0 N–H and O–H groups in total. The number of nitrogens with zero attached hydrogens (tertiary/aromatic N) is 1. The molecule has 0 aromatic carbocycles. The highest BCUT2D eigenvalue weighted by molar-refractivity contribution is 7.91. The molecule has 1 saturated heterocycles. The molecule has 0 amide bonds. The second kappa shape index (κ2) is 4.21. The smallest absolute Gasteiger partial charge is 0.252 e. The van der Waals surface area contributed by atoms with Gasteiger partial charge in [0.2, 0.25) is 0 Å². The highest BCUT2D eigenvalue weighted by Gasteiger charge is 2.31. The zero-order chi connectivity index (χ0) is 10.9. The molecule has 2 heterocycles. The summed E-state index contributed by atoms with van der Waals surface area (Å²) in [5.74, 6) is 0. The predicted molar refractivity (Wildman–Crippen MR) is 58.5 cm³/mol. The SMILES string of the molecule is C[C@@H]1COCCN1S(=O)(=O)c1cccs1. The van der Waals surface area contributed by atoms with Gasteiger partial charge in [-0.3, -0.25) is 0 Å². The average Bonchev–Trinajstić information content (AvgIpc) is 2.71. The number of hydrogen-bond donors (Lipinski definition) is 0. The van der Waals surface area contributed by atoms with E-state index in [1.165, 1.54) is 15.6 Å². The average molecular weight is 247 g/mol. The van der Waals surface area contributed by atoms with Crippen LogP contribution in [0.15, 0.2) is 21.7 Å². The lowest BCUT2D eigenvalue weighted by Gasteiger charge is -2.31. The molecular formula is C9H13NO3S2. The lowest BCUT2D eigenvalue weighted by Crippen LogP contribution is -2.46. The fourth-order valence-electron chi connectivity index (χ4n) is 1.59. The maximum absolute atomic E-state index is 12.1. The first kappa shape index (κ1) is 11.1. The van der Waals surface area contributed by atoms with Crippen LogP contribution in [0.2, 0.25) is 0 Å². The highest BCUT2D eigenvalue weighted by Crippen LogP contribution is 2.23. The Balaban J connectivity index is 2.29. The molecule has 6 heteroatoms. The number of rotatable bonds is 2. The minimum Gasteiger partial charge on any atom is -0.378 e. The van der Waals surface area contributed by atoms with E-state index in [1.54, 1.807) is 17.5 Å². The zero-order valence-corrected chi connectivity index (χ0v) is 10.1. The van der Waals surface area contributed by atoms with Crippen LogP contribution in [0, 0.1) is 0 Å². The monoisotopic (exact) mass is 247 g/mol. The van der Waals surface area contributed by atoms with Gasteiger partial charge in [0, 0.05) is 12.6 Å². The predicted octanol–water partition coefficient (Wildman–Crippen LogP) is 1.16. The molecule has 15 heavy (non-hydrogen) atoms. The van der Waals surface area contributed by atoms with Gasteiger partial charge in [-0.15, -0.1) is 11.3 Å². The van der Waals surface area contributed by atoms with Gasteiger partial charge in [-0.25, -0.2) is 8.42 Å². The van der Waals surface area contributed by atoms with Crippen molar-refractivity contribution >= 4 is 21.4 Å². The number of thiophene rings is 1. The number of morpholine rings is 1. The fraction of sp³-hybridized carbons (Fsp3) is 0.556. The van der Waals surface area contributed by atoms with Gasteiger partial charge < -0.3 is 4.74 Å². The van der Waals surface area contributed by atoms with Crippen LogP contribution in [0.25, 0.3) is 0 Å². The highest BCUT2D eigenvalue weighted by atomic mass is 32.2. The van der Waals surface area contributed by atoms with E-state index in [2.05, 4.69) is 0 Å². The van der Waals surface area contributed by atoms with Crippen LogP contribution in [0.1, 0.15) is 6.92 Å². The van der Waals surface area contributed by atoms with Gasteiger partial charge in [-0.05, 0) is 18.4 Å². The van der Waals surface area contributed by atoms with Gasteiger partial charge in [0.25, 0.3) is 10.0 Å². The van der Waals surface area contributed by atoms with Gasteiger partial charge in [0.1, 0.15) is 4.21 Å². The Labute approximate surface area is 93.5 Å². The van der Waals surface area contributed by atoms with Crippen LogP contribution in [0.3, 0.4) is 0 Å². The van der Waals surface area contributed by atoms with Gasteiger partial charge in [0.05, 0.1) is 13.2 Å². The second-order valence-corrected chi connectivity index (χ2v) is 6.54. The van der Waals surface area contributed by atoms with Crippen molar-refractivity contribution in [3.63, 3.8) is 0 Å². The van der Waals surface area contributed by atoms with E-state index in [4.69, 9.17) is 4.74 Å². The summed E-state index contributed by atoms with van der Waals surface area (Å²) in [5.41, 5.74) is 0. The van der Waals surface area contributed by atoms with E-state index in [9.17, 15) is 8.42 Å². The van der Waals surface area contributed by atoms with Gasteiger partial charge in [-0.1, -0.05) is 6.07 Å². The van der Waals surface area contributed by atoms with Crippen LogP contribution in [-0.4, -0.2) is 38.5 Å². The molecule has 0 bridgehead atoms. The number of hydrogen-bond acceptors (Lipinski definition) is 4. The Morgan fingerprint density at radius 2 is 2.40 bits per heavy atom. The quantitative estimate of drug-likeness (QED) is 0.788. The van der Waals surface area contributed by atoms with Crippen molar-refractivity contribution in [2.24, 2.45) is 0 Å². The molecule has 0 saturated carbocycles. The van der Waals surface area contributed by atoms with Crippen LogP contribution >= 0.6 is 11.3 Å². The van der Waals surface area contributed by atoms with E-state index >= 15 is 0 Å². The molecule has 1 aliphatic heterocycles. The molecule has 84 valence electrons. The van der Waals surface area contributed by atoms with Crippen LogP contribution < -0.4 is 0 Å². The lowest BCUT2D eigenvalue weighted by molar-refractivity contribution is 0.0393. The molecule has 0 unspecified atom stereocenters. The third kappa shape index (κ3) is 2.08. The molecular weight excluding hydrogens is 234 g/mol. The summed E-state index contributed by atoms with van der Waals surface area (Å²) >= 11 is 1.26. The molecule has 0 aliphatic carbocycles. The summed E-state index contributed by atoms with van der Waals surface area (Å²) in [5, 5.41) is 1.78. The molecule has 0 radical (unpaired) electrons. The lowest BCUT2D eigenvalue weighted by atomic mass is 10.3. The maximum Gasteiger partial charge on any atom is 0.252 e. The Morgan fingerprint density at radius 1 is 1.60 bits per heavy atom. The molecule has 4 nitrogen and oxygen atoms in total. The minimum absolute atomic E-state index is 0.0779. The first-order valence-corrected chi connectivity index (χ1v) is 7.07. The van der Waals surface area contributed by atoms with Crippen molar-refractivity contribution < 1.29 is 13.2 Å². The summed E-state index contributed by atoms with van der Waals surface area (Å²) in [6.07, 6.45) is 0. The Morgan fingerprint density at radius 3 is 3.00 bits per heavy atom. The van der Waals surface area contributed by atoms with E-state index in [0.29, 0.717) is 24.0 Å².